The fourth-order valence-electron chi connectivity index (χ4n) is 3.14. The number of methoxy groups -OCH3 is 1. The highest BCUT2D eigenvalue weighted by Crippen LogP contribution is 2.48. The first-order valence-corrected chi connectivity index (χ1v) is 6.63. The number of esters is 1. The van der Waals surface area contributed by atoms with E-state index in [-0.39, 0.29) is 12.3 Å². The Kier molecular flexibility index (Phi) is 4.09. The minimum Gasteiger partial charge on any atom is -0.468 e. The first-order valence-electron chi connectivity index (χ1n) is 6.63. The summed E-state index contributed by atoms with van der Waals surface area (Å²) in [6.07, 6.45) is 0.338. The summed E-state index contributed by atoms with van der Waals surface area (Å²) in [5.41, 5.74) is 4.89. The van der Waals surface area contributed by atoms with Crippen LogP contribution in [0.4, 0.5) is 0 Å². The van der Waals surface area contributed by atoms with E-state index in [2.05, 4.69) is 0 Å². The molecular formula is C15H19NO4. The van der Waals surface area contributed by atoms with Crippen LogP contribution in [0.5, 0.6) is 0 Å². The number of hydrogen-bond donors (Lipinski definition) is 2. The summed E-state index contributed by atoms with van der Waals surface area (Å²) < 4.78 is 4.80. The molecule has 2 rings (SSSR count). The van der Waals surface area contributed by atoms with Crippen molar-refractivity contribution in [3.63, 3.8) is 0 Å². The zero-order valence-electron chi connectivity index (χ0n) is 11.4. The predicted molar refractivity (Wildman–Crippen MR) is 72.7 cm³/mol. The van der Waals surface area contributed by atoms with Crippen LogP contribution in [0.2, 0.25) is 0 Å². The molecule has 5 heteroatoms. The van der Waals surface area contributed by atoms with Gasteiger partial charge in [-0.25, -0.2) is 0 Å². The van der Waals surface area contributed by atoms with Crippen LogP contribution in [-0.2, 0) is 14.3 Å². The molecule has 0 saturated heterocycles. The standard InChI is InChI=1S/C15H19NO4/c1-20-14(19)15(13(16)18)9-11(17)7-8-12(15)10-5-3-2-4-6-10/h2-6,11-12,17H,7-9H2,1H3,(H2,16,18)/t11-,12-,15+/m1/s1. The molecule has 0 aliphatic heterocycles. The highest BCUT2D eigenvalue weighted by Gasteiger charge is 2.55. The Morgan fingerprint density at radius 1 is 1.30 bits per heavy atom. The van der Waals surface area contributed by atoms with Gasteiger partial charge in [-0.15, -0.1) is 0 Å². The van der Waals surface area contributed by atoms with Crippen LogP contribution in [0.15, 0.2) is 30.3 Å². The highest BCUT2D eigenvalue weighted by molar-refractivity contribution is 6.03. The average molecular weight is 277 g/mol. The third kappa shape index (κ3) is 2.29. The fourth-order valence-corrected chi connectivity index (χ4v) is 3.14. The van der Waals surface area contributed by atoms with Crippen LogP contribution in [0.3, 0.4) is 0 Å². The van der Waals surface area contributed by atoms with Crippen molar-refractivity contribution in [1.29, 1.82) is 0 Å². The molecule has 1 aromatic rings. The quantitative estimate of drug-likeness (QED) is 0.636. The van der Waals surface area contributed by atoms with E-state index in [4.69, 9.17) is 10.5 Å². The highest BCUT2D eigenvalue weighted by atomic mass is 16.5. The second kappa shape index (κ2) is 5.63. The molecule has 0 aromatic heterocycles. The molecular weight excluding hydrogens is 258 g/mol. The lowest BCUT2D eigenvalue weighted by Gasteiger charge is -2.41. The fraction of sp³-hybridized carbons (Fsp3) is 0.467. The Labute approximate surface area is 117 Å². The van der Waals surface area contributed by atoms with Crippen molar-refractivity contribution in [3.05, 3.63) is 35.9 Å². The van der Waals surface area contributed by atoms with E-state index < -0.39 is 23.4 Å². The number of amides is 1. The van der Waals surface area contributed by atoms with Crippen molar-refractivity contribution in [2.45, 2.75) is 31.3 Å². The van der Waals surface area contributed by atoms with Crippen molar-refractivity contribution in [2.24, 2.45) is 11.1 Å². The van der Waals surface area contributed by atoms with Crippen LogP contribution in [0, 0.1) is 5.41 Å². The summed E-state index contributed by atoms with van der Waals surface area (Å²) in [6, 6.07) is 9.30. The number of hydrogen-bond acceptors (Lipinski definition) is 4. The Bertz CT molecular complexity index is 502. The minimum atomic E-state index is -1.49. The van der Waals surface area contributed by atoms with E-state index in [0.717, 1.165) is 5.56 Å². The first-order chi connectivity index (χ1) is 9.52. The van der Waals surface area contributed by atoms with Gasteiger partial charge in [0.15, 0.2) is 5.41 Å². The van der Waals surface area contributed by atoms with Gasteiger partial charge in [-0.2, -0.15) is 0 Å². The van der Waals surface area contributed by atoms with Gasteiger partial charge in [0.25, 0.3) is 0 Å². The maximum Gasteiger partial charge on any atom is 0.322 e. The Hall–Kier alpha value is -1.88. The molecule has 0 bridgehead atoms. The third-order valence-electron chi connectivity index (χ3n) is 4.13. The molecule has 108 valence electrons. The molecule has 0 spiro atoms. The van der Waals surface area contributed by atoms with Crippen LogP contribution >= 0.6 is 0 Å². The monoisotopic (exact) mass is 277 g/mol. The van der Waals surface area contributed by atoms with E-state index in [1.54, 1.807) is 0 Å². The normalized spacial score (nSPS) is 29.7. The van der Waals surface area contributed by atoms with Crippen LogP contribution in [-0.4, -0.2) is 30.2 Å². The van der Waals surface area contributed by atoms with Gasteiger partial charge in [-0.1, -0.05) is 30.3 Å². The minimum absolute atomic E-state index is 0.00850. The summed E-state index contributed by atoms with van der Waals surface area (Å²) in [7, 11) is 1.23. The number of nitrogens with two attached hydrogens (primary N) is 1. The van der Waals surface area contributed by atoms with Crippen LogP contribution in [0.25, 0.3) is 0 Å². The topological polar surface area (TPSA) is 89.6 Å². The molecule has 0 radical (unpaired) electrons. The third-order valence-corrected chi connectivity index (χ3v) is 4.13. The van der Waals surface area contributed by atoms with E-state index in [1.165, 1.54) is 7.11 Å². The molecule has 1 fully saturated rings. The maximum absolute atomic E-state index is 12.2. The SMILES string of the molecule is COC(=O)[C@@]1(C(N)=O)C[C@H](O)CC[C@@H]1c1ccccc1. The van der Waals surface area contributed by atoms with Gasteiger partial charge in [-0.3, -0.25) is 9.59 Å². The molecule has 3 atom stereocenters. The number of ether oxygens (including phenoxy) is 1. The Morgan fingerprint density at radius 2 is 1.95 bits per heavy atom. The molecule has 1 aliphatic rings. The smallest absolute Gasteiger partial charge is 0.322 e. The molecule has 1 aromatic carbocycles. The number of carbonyl (C=O) groups excluding carboxylic acids is 2. The molecule has 0 unspecified atom stereocenters. The first kappa shape index (κ1) is 14.5. The lowest BCUT2D eigenvalue weighted by atomic mass is 9.62. The molecule has 1 aliphatic carbocycles. The summed E-state index contributed by atoms with van der Waals surface area (Å²) in [5.74, 6) is -1.77. The van der Waals surface area contributed by atoms with E-state index in [9.17, 15) is 14.7 Å². The number of aliphatic hydroxyl groups is 1. The van der Waals surface area contributed by atoms with Crippen molar-refractivity contribution in [1.82, 2.24) is 0 Å². The molecule has 0 heterocycles. The zero-order valence-corrected chi connectivity index (χ0v) is 11.4. The van der Waals surface area contributed by atoms with E-state index in [0.29, 0.717) is 12.8 Å². The van der Waals surface area contributed by atoms with E-state index in [1.807, 2.05) is 30.3 Å². The largest absolute Gasteiger partial charge is 0.468 e. The number of carbonyl (C=O) groups is 2. The van der Waals surface area contributed by atoms with Crippen LogP contribution in [0.1, 0.15) is 30.7 Å². The van der Waals surface area contributed by atoms with Gasteiger partial charge in [0.1, 0.15) is 0 Å². The average Bonchev–Trinajstić information content (AvgIpc) is 2.46. The van der Waals surface area contributed by atoms with Gasteiger partial charge in [0, 0.05) is 5.92 Å². The summed E-state index contributed by atoms with van der Waals surface area (Å²) in [6.45, 7) is 0. The molecule has 3 N–H and O–H groups in total. The van der Waals surface area contributed by atoms with E-state index >= 15 is 0 Å². The Balaban J connectivity index is 2.51. The zero-order chi connectivity index (χ0) is 14.8. The predicted octanol–water partition coefficient (Wildman–Crippen LogP) is 0.960. The molecule has 20 heavy (non-hydrogen) atoms. The number of benzene rings is 1. The molecule has 1 amide bonds. The molecule has 5 nitrogen and oxygen atoms in total. The lowest BCUT2D eigenvalue weighted by molar-refractivity contribution is -0.164. The Morgan fingerprint density at radius 3 is 2.50 bits per heavy atom. The van der Waals surface area contributed by atoms with Crippen molar-refractivity contribution < 1.29 is 19.4 Å². The van der Waals surface area contributed by atoms with Gasteiger partial charge in [0.2, 0.25) is 5.91 Å². The number of primary amides is 1. The van der Waals surface area contributed by atoms with Crippen LogP contribution < -0.4 is 5.73 Å². The second-order valence-electron chi connectivity index (χ2n) is 5.23. The second-order valence-corrected chi connectivity index (χ2v) is 5.23. The lowest BCUT2D eigenvalue weighted by Crippen LogP contribution is -2.53. The number of rotatable bonds is 3. The van der Waals surface area contributed by atoms with Gasteiger partial charge >= 0.3 is 5.97 Å². The van der Waals surface area contributed by atoms with Crippen molar-refractivity contribution >= 4 is 11.9 Å². The summed E-state index contributed by atoms with van der Waals surface area (Å²) in [4.78, 5) is 24.2. The van der Waals surface area contributed by atoms with Gasteiger partial charge in [0.05, 0.1) is 13.2 Å². The van der Waals surface area contributed by atoms with Gasteiger partial charge < -0.3 is 15.6 Å². The summed E-state index contributed by atoms with van der Waals surface area (Å²) in [5, 5.41) is 9.89. The van der Waals surface area contributed by atoms with Crippen molar-refractivity contribution in [3.8, 4) is 0 Å². The number of aliphatic hydroxyl groups excluding tert-OH is 1. The van der Waals surface area contributed by atoms with Gasteiger partial charge in [-0.05, 0) is 24.8 Å². The molecule has 1 saturated carbocycles. The summed E-state index contributed by atoms with van der Waals surface area (Å²) >= 11 is 0. The van der Waals surface area contributed by atoms with Crippen molar-refractivity contribution in [2.75, 3.05) is 7.11 Å². The maximum atomic E-state index is 12.2.